The van der Waals surface area contributed by atoms with Gasteiger partial charge in [0.2, 0.25) is 0 Å². The Kier molecular flexibility index (Phi) is 4.66. The van der Waals surface area contributed by atoms with Crippen LogP contribution in [0.15, 0.2) is 0 Å². The van der Waals surface area contributed by atoms with Crippen molar-refractivity contribution in [2.75, 3.05) is 32.8 Å². The third-order valence-corrected chi connectivity index (χ3v) is 2.74. The molecule has 2 atom stereocenters. The monoisotopic (exact) mass is 188 g/mol. The van der Waals surface area contributed by atoms with Gasteiger partial charge in [-0.25, -0.2) is 0 Å². The number of hydrogen-bond donors (Lipinski definition) is 3. The van der Waals surface area contributed by atoms with E-state index in [9.17, 15) is 5.11 Å². The molecule has 0 radical (unpaired) electrons. The molecule has 0 aromatic rings. The van der Waals surface area contributed by atoms with Crippen LogP contribution in [-0.4, -0.2) is 54.0 Å². The van der Waals surface area contributed by atoms with Crippen LogP contribution in [0, 0.1) is 5.92 Å². The summed E-state index contributed by atoms with van der Waals surface area (Å²) < 4.78 is 0. The summed E-state index contributed by atoms with van der Waals surface area (Å²) in [5, 5.41) is 18.3. The Balaban J connectivity index is 2.24. The smallest absolute Gasteiger partial charge is 0.0707 e. The zero-order chi connectivity index (χ0) is 9.68. The molecule has 4 heteroatoms. The third kappa shape index (κ3) is 3.23. The number of piperidine rings is 1. The zero-order valence-electron chi connectivity index (χ0n) is 8.02. The van der Waals surface area contributed by atoms with Crippen molar-refractivity contribution in [3.63, 3.8) is 0 Å². The first kappa shape index (κ1) is 10.9. The maximum absolute atomic E-state index is 9.65. The Morgan fingerprint density at radius 2 is 2.23 bits per heavy atom. The number of hydrogen-bond acceptors (Lipinski definition) is 4. The molecule has 78 valence electrons. The summed E-state index contributed by atoms with van der Waals surface area (Å²) >= 11 is 0. The van der Waals surface area contributed by atoms with Gasteiger partial charge in [0.1, 0.15) is 0 Å². The molecule has 0 saturated carbocycles. The first-order chi connectivity index (χ1) is 6.27. The van der Waals surface area contributed by atoms with Gasteiger partial charge in [0.15, 0.2) is 0 Å². The Bertz CT molecular complexity index is 144. The lowest BCUT2D eigenvalue weighted by Crippen LogP contribution is -2.46. The van der Waals surface area contributed by atoms with Crippen LogP contribution in [0.4, 0.5) is 0 Å². The normalized spacial score (nSPS) is 30.7. The fourth-order valence-electron chi connectivity index (χ4n) is 1.82. The van der Waals surface area contributed by atoms with Crippen molar-refractivity contribution in [1.82, 2.24) is 4.90 Å². The Hall–Kier alpha value is -0.160. The van der Waals surface area contributed by atoms with Gasteiger partial charge in [0, 0.05) is 19.7 Å². The number of β-amino-alcohol motifs (C(OH)–C–C–N with tert-alkyl or cyclic N) is 1. The molecule has 4 N–H and O–H groups in total. The van der Waals surface area contributed by atoms with Gasteiger partial charge in [0.25, 0.3) is 0 Å². The molecule has 0 bridgehead atoms. The van der Waals surface area contributed by atoms with Crippen molar-refractivity contribution < 1.29 is 10.2 Å². The predicted octanol–water partition coefficient (Wildman–Crippen LogP) is -0.990. The summed E-state index contributed by atoms with van der Waals surface area (Å²) in [5.41, 5.74) is 5.52. The number of nitrogens with zero attached hydrogens (tertiary/aromatic N) is 1. The molecule has 0 spiro atoms. The highest BCUT2D eigenvalue weighted by Gasteiger charge is 2.25. The third-order valence-electron chi connectivity index (χ3n) is 2.74. The molecule has 0 aromatic heterocycles. The number of likely N-dealkylation sites (tertiary alicyclic amines) is 1. The highest BCUT2D eigenvalue weighted by molar-refractivity contribution is 4.80. The fraction of sp³-hybridized carbons (Fsp3) is 1.00. The average molecular weight is 188 g/mol. The zero-order valence-corrected chi connectivity index (χ0v) is 8.02. The standard InChI is InChI=1S/C9H20N2O2/c10-6-8-2-4-11(3-1-5-12)7-9(8)13/h8-9,12-13H,1-7,10H2/t8-,9+/m0/s1. The van der Waals surface area contributed by atoms with Crippen molar-refractivity contribution in [2.24, 2.45) is 11.7 Å². The highest BCUT2D eigenvalue weighted by atomic mass is 16.3. The molecule has 13 heavy (non-hydrogen) atoms. The van der Waals surface area contributed by atoms with Crippen LogP contribution in [0.5, 0.6) is 0 Å². The van der Waals surface area contributed by atoms with Crippen molar-refractivity contribution in [3.05, 3.63) is 0 Å². The lowest BCUT2D eigenvalue weighted by atomic mass is 9.94. The minimum atomic E-state index is -0.280. The van der Waals surface area contributed by atoms with E-state index < -0.39 is 0 Å². The summed E-state index contributed by atoms with van der Waals surface area (Å²) in [7, 11) is 0. The second-order valence-electron chi connectivity index (χ2n) is 3.73. The number of nitrogens with two attached hydrogens (primary N) is 1. The molecule has 4 nitrogen and oxygen atoms in total. The van der Waals surface area contributed by atoms with E-state index in [-0.39, 0.29) is 18.6 Å². The molecule has 1 heterocycles. The van der Waals surface area contributed by atoms with E-state index in [1.165, 1.54) is 0 Å². The quantitative estimate of drug-likeness (QED) is 0.530. The molecule has 0 unspecified atom stereocenters. The van der Waals surface area contributed by atoms with Gasteiger partial charge < -0.3 is 20.8 Å². The van der Waals surface area contributed by atoms with Crippen molar-refractivity contribution >= 4 is 0 Å². The number of aliphatic hydroxyl groups excluding tert-OH is 2. The molecule has 1 aliphatic rings. The molecule has 0 amide bonds. The van der Waals surface area contributed by atoms with Gasteiger partial charge in [-0.2, -0.15) is 0 Å². The van der Waals surface area contributed by atoms with E-state index >= 15 is 0 Å². The van der Waals surface area contributed by atoms with Crippen LogP contribution in [-0.2, 0) is 0 Å². The second kappa shape index (κ2) is 5.54. The van der Waals surface area contributed by atoms with Gasteiger partial charge >= 0.3 is 0 Å². The minimum Gasteiger partial charge on any atom is -0.396 e. The lowest BCUT2D eigenvalue weighted by Gasteiger charge is -2.35. The van der Waals surface area contributed by atoms with Crippen LogP contribution in [0.1, 0.15) is 12.8 Å². The van der Waals surface area contributed by atoms with Crippen molar-refractivity contribution in [1.29, 1.82) is 0 Å². The number of aliphatic hydroxyl groups is 2. The topological polar surface area (TPSA) is 69.7 Å². The molecule has 1 aliphatic heterocycles. The maximum atomic E-state index is 9.65. The van der Waals surface area contributed by atoms with E-state index in [1.807, 2.05) is 0 Å². The lowest BCUT2D eigenvalue weighted by molar-refractivity contribution is 0.0233. The largest absolute Gasteiger partial charge is 0.396 e. The molecule has 0 aromatic carbocycles. The van der Waals surface area contributed by atoms with Gasteiger partial charge in [-0.1, -0.05) is 0 Å². The molecule has 1 fully saturated rings. The highest BCUT2D eigenvalue weighted by Crippen LogP contribution is 2.16. The van der Waals surface area contributed by atoms with Crippen LogP contribution in [0.3, 0.4) is 0 Å². The summed E-state index contributed by atoms with van der Waals surface area (Å²) in [4.78, 5) is 2.19. The molecule has 1 saturated heterocycles. The van der Waals surface area contributed by atoms with Crippen molar-refractivity contribution in [3.8, 4) is 0 Å². The van der Waals surface area contributed by atoms with Gasteiger partial charge in [-0.15, -0.1) is 0 Å². The summed E-state index contributed by atoms with van der Waals surface area (Å²) in [6.07, 6.45) is 1.49. The van der Waals surface area contributed by atoms with Crippen LogP contribution >= 0.6 is 0 Å². The SMILES string of the molecule is NC[C@@H]1CCN(CCCO)C[C@H]1O. The van der Waals surface area contributed by atoms with Crippen LogP contribution in [0.2, 0.25) is 0 Å². The minimum absolute atomic E-state index is 0.229. The number of rotatable bonds is 4. The van der Waals surface area contributed by atoms with Crippen LogP contribution in [0.25, 0.3) is 0 Å². The molecular weight excluding hydrogens is 168 g/mol. The molecule has 1 rings (SSSR count). The van der Waals surface area contributed by atoms with Gasteiger partial charge in [-0.3, -0.25) is 0 Å². The predicted molar refractivity (Wildman–Crippen MR) is 51.3 cm³/mol. The van der Waals surface area contributed by atoms with Crippen LogP contribution < -0.4 is 5.73 Å². The average Bonchev–Trinajstić information content (AvgIpc) is 2.15. The summed E-state index contributed by atoms with van der Waals surface area (Å²) in [6.45, 7) is 3.40. The second-order valence-corrected chi connectivity index (χ2v) is 3.73. The van der Waals surface area contributed by atoms with E-state index in [0.29, 0.717) is 13.1 Å². The van der Waals surface area contributed by atoms with Gasteiger partial charge in [0.05, 0.1) is 6.10 Å². The Labute approximate surface area is 79.3 Å². The Morgan fingerprint density at radius 3 is 2.77 bits per heavy atom. The summed E-state index contributed by atoms with van der Waals surface area (Å²) in [5.74, 6) is 0.269. The van der Waals surface area contributed by atoms with E-state index in [1.54, 1.807) is 0 Å². The van der Waals surface area contributed by atoms with E-state index in [2.05, 4.69) is 4.90 Å². The maximum Gasteiger partial charge on any atom is 0.0707 e. The van der Waals surface area contributed by atoms with Gasteiger partial charge in [-0.05, 0) is 31.8 Å². The fourth-order valence-corrected chi connectivity index (χ4v) is 1.82. The molecule has 0 aliphatic carbocycles. The first-order valence-corrected chi connectivity index (χ1v) is 4.99. The summed E-state index contributed by atoms with van der Waals surface area (Å²) in [6, 6.07) is 0. The molecular formula is C9H20N2O2. The Morgan fingerprint density at radius 1 is 1.46 bits per heavy atom. The van der Waals surface area contributed by atoms with Crippen molar-refractivity contribution in [2.45, 2.75) is 18.9 Å². The van der Waals surface area contributed by atoms with E-state index in [0.717, 1.165) is 25.9 Å². The first-order valence-electron chi connectivity index (χ1n) is 4.99. The van der Waals surface area contributed by atoms with E-state index in [4.69, 9.17) is 10.8 Å².